The van der Waals surface area contributed by atoms with Crippen LogP contribution in [0.4, 0.5) is 0 Å². The monoisotopic (exact) mass is 199 g/mol. The Balaban J connectivity index is 2.42. The molecule has 64 valence electrons. The van der Waals surface area contributed by atoms with E-state index in [0.29, 0.717) is 0 Å². The highest BCUT2D eigenvalue weighted by molar-refractivity contribution is 7.96. The summed E-state index contributed by atoms with van der Waals surface area (Å²) >= 11 is 7.88. The number of rotatable bonds is 0. The highest BCUT2D eigenvalue weighted by Crippen LogP contribution is 2.31. The maximum Gasteiger partial charge on any atom is 0.0450 e. The van der Waals surface area contributed by atoms with E-state index in [2.05, 4.69) is 17.4 Å². The summed E-state index contributed by atoms with van der Waals surface area (Å²) in [5.74, 6) is 1.01. The molecule has 12 heavy (non-hydrogen) atoms. The van der Waals surface area contributed by atoms with Crippen LogP contribution in [-0.2, 0) is 12.3 Å². The van der Waals surface area contributed by atoms with E-state index in [4.69, 9.17) is 11.6 Å². The molecule has 3 heteroatoms. The van der Waals surface area contributed by atoms with Crippen LogP contribution >= 0.6 is 23.5 Å². The van der Waals surface area contributed by atoms with Crippen LogP contribution in [-0.4, -0.2) is 11.4 Å². The van der Waals surface area contributed by atoms with Crippen LogP contribution in [0.1, 0.15) is 11.1 Å². The lowest BCUT2D eigenvalue weighted by Crippen LogP contribution is -2.15. The van der Waals surface area contributed by atoms with Crippen LogP contribution in [0, 0.1) is 0 Å². The maximum atomic E-state index is 6.06. The number of hydrogen-bond acceptors (Lipinski definition) is 2. The van der Waals surface area contributed by atoms with Crippen molar-refractivity contribution in [3.05, 3.63) is 34.3 Å². The van der Waals surface area contributed by atoms with E-state index >= 15 is 0 Å². The minimum absolute atomic E-state index is 0.910. The van der Waals surface area contributed by atoms with Gasteiger partial charge in [-0.25, -0.2) is 4.31 Å². The lowest BCUT2D eigenvalue weighted by atomic mass is 10.1. The molecule has 0 amide bonds. The molecule has 0 spiro atoms. The molecule has 0 aromatic heterocycles. The van der Waals surface area contributed by atoms with Gasteiger partial charge in [-0.2, -0.15) is 0 Å². The minimum Gasteiger partial charge on any atom is -0.249 e. The van der Waals surface area contributed by atoms with Gasteiger partial charge in [0.25, 0.3) is 0 Å². The first-order valence-corrected chi connectivity index (χ1v) is 5.20. The summed E-state index contributed by atoms with van der Waals surface area (Å²) in [7, 11) is 2.11. The molecule has 1 aromatic carbocycles. The summed E-state index contributed by atoms with van der Waals surface area (Å²) in [4.78, 5) is 0. The van der Waals surface area contributed by atoms with Crippen LogP contribution < -0.4 is 0 Å². The largest absolute Gasteiger partial charge is 0.249 e. The standard InChI is InChI=1S/C9H10ClNS/c1-11-5-7-3-2-4-9(10)8(7)6-12-11/h2-4H,5-6H2,1H3. The summed E-state index contributed by atoms with van der Waals surface area (Å²) in [6.45, 7) is 1.00. The third-order valence-corrected chi connectivity index (χ3v) is 3.38. The summed E-state index contributed by atoms with van der Waals surface area (Å²) < 4.78 is 2.23. The molecule has 1 aliphatic rings. The fourth-order valence-electron chi connectivity index (χ4n) is 1.37. The number of benzene rings is 1. The zero-order chi connectivity index (χ0) is 8.55. The van der Waals surface area contributed by atoms with Gasteiger partial charge in [0.15, 0.2) is 0 Å². The molecule has 0 saturated carbocycles. The van der Waals surface area contributed by atoms with Crippen molar-refractivity contribution in [3.63, 3.8) is 0 Å². The van der Waals surface area contributed by atoms with Gasteiger partial charge in [-0.3, -0.25) is 0 Å². The molecule has 0 bridgehead atoms. The molecule has 0 aliphatic carbocycles. The van der Waals surface area contributed by atoms with Gasteiger partial charge in [0, 0.05) is 17.3 Å². The van der Waals surface area contributed by atoms with Gasteiger partial charge in [-0.1, -0.05) is 35.7 Å². The molecule has 2 rings (SSSR count). The molecule has 1 aromatic rings. The molecular weight excluding hydrogens is 190 g/mol. The lowest BCUT2D eigenvalue weighted by Gasteiger charge is -2.24. The lowest BCUT2D eigenvalue weighted by molar-refractivity contribution is 0.552. The Morgan fingerprint density at radius 2 is 2.33 bits per heavy atom. The number of halogens is 1. The Morgan fingerprint density at radius 3 is 3.17 bits per heavy atom. The van der Waals surface area contributed by atoms with Crippen molar-refractivity contribution in [1.29, 1.82) is 0 Å². The third kappa shape index (κ3) is 1.47. The Kier molecular flexibility index (Phi) is 2.31. The van der Waals surface area contributed by atoms with E-state index in [1.165, 1.54) is 11.1 Å². The second-order valence-electron chi connectivity index (χ2n) is 2.94. The zero-order valence-corrected chi connectivity index (χ0v) is 8.45. The van der Waals surface area contributed by atoms with Gasteiger partial charge >= 0.3 is 0 Å². The molecule has 0 saturated heterocycles. The van der Waals surface area contributed by atoms with Gasteiger partial charge in [0.05, 0.1) is 0 Å². The summed E-state index contributed by atoms with van der Waals surface area (Å²) in [5.41, 5.74) is 2.67. The summed E-state index contributed by atoms with van der Waals surface area (Å²) in [5, 5.41) is 0.910. The van der Waals surface area contributed by atoms with Gasteiger partial charge in [0.1, 0.15) is 0 Å². The van der Waals surface area contributed by atoms with Gasteiger partial charge in [-0.05, 0) is 24.2 Å². The fourth-order valence-corrected chi connectivity index (χ4v) is 2.63. The first kappa shape index (κ1) is 8.42. The summed E-state index contributed by atoms with van der Waals surface area (Å²) in [6.07, 6.45) is 0. The normalized spacial score (nSPS) is 17.5. The predicted octanol–water partition coefficient (Wildman–Crippen LogP) is 2.93. The highest BCUT2D eigenvalue weighted by Gasteiger charge is 2.15. The molecule has 1 heterocycles. The molecule has 1 aliphatic heterocycles. The van der Waals surface area contributed by atoms with Crippen LogP contribution in [0.3, 0.4) is 0 Å². The van der Waals surface area contributed by atoms with Crippen molar-refractivity contribution in [2.75, 3.05) is 7.05 Å². The maximum absolute atomic E-state index is 6.06. The molecule has 0 fully saturated rings. The Labute approximate surface area is 81.8 Å². The first-order valence-electron chi connectivity index (χ1n) is 3.87. The van der Waals surface area contributed by atoms with Crippen LogP contribution in [0.15, 0.2) is 18.2 Å². The van der Waals surface area contributed by atoms with E-state index in [9.17, 15) is 0 Å². The second kappa shape index (κ2) is 3.29. The average molecular weight is 200 g/mol. The van der Waals surface area contributed by atoms with Crippen molar-refractivity contribution in [3.8, 4) is 0 Å². The SMILES string of the molecule is CN1Cc2cccc(Cl)c2CS1. The van der Waals surface area contributed by atoms with Crippen LogP contribution in [0.2, 0.25) is 5.02 Å². The number of hydrogen-bond donors (Lipinski definition) is 0. The zero-order valence-electron chi connectivity index (χ0n) is 6.88. The Hall–Kier alpha value is -0.180. The molecule has 0 unspecified atom stereocenters. The third-order valence-electron chi connectivity index (χ3n) is 2.04. The molecule has 0 atom stereocenters. The molecule has 0 N–H and O–H groups in total. The summed E-state index contributed by atoms with van der Waals surface area (Å²) in [6, 6.07) is 6.13. The van der Waals surface area contributed by atoms with E-state index in [1.54, 1.807) is 0 Å². The van der Waals surface area contributed by atoms with E-state index in [0.717, 1.165) is 17.3 Å². The number of nitrogens with zero attached hydrogens (tertiary/aromatic N) is 1. The van der Waals surface area contributed by atoms with Crippen molar-refractivity contribution in [2.24, 2.45) is 0 Å². The second-order valence-corrected chi connectivity index (χ2v) is 4.51. The molecular formula is C9H10ClNS. The molecule has 1 nitrogen and oxygen atoms in total. The average Bonchev–Trinajstić information content (AvgIpc) is 2.04. The topological polar surface area (TPSA) is 3.24 Å². The van der Waals surface area contributed by atoms with Crippen molar-refractivity contribution in [2.45, 2.75) is 12.3 Å². The van der Waals surface area contributed by atoms with E-state index in [-0.39, 0.29) is 0 Å². The highest BCUT2D eigenvalue weighted by atomic mass is 35.5. The smallest absolute Gasteiger partial charge is 0.0450 e. The predicted molar refractivity (Wildman–Crippen MR) is 54.2 cm³/mol. The van der Waals surface area contributed by atoms with Crippen molar-refractivity contribution in [1.82, 2.24) is 4.31 Å². The quantitative estimate of drug-likeness (QED) is 0.592. The van der Waals surface area contributed by atoms with Gasteiger partial charge in [-0.15, -0.1) is 0 Å². The number of fused-ring (bicyclic) bond motifs is 1. The Morgan fingerprint density at radius 1 is 1.50 bits per heavy atom. The van der Waals surface area contributed by atoms with Crippen molar-refractivity contribution >= 4 is 23.5 Å². The van der Waals surface area contributed by atoms with Gasteiger partial charge < -0.3 is 0 Å². The first-order chi connectivity index (χ1) is 5.77. The van der Waals surface area contributed by atoms with Crippen LogP contribution in [0.25, 0.3) is 0 Å². The van der Waals surface area contributed by atoms with Gasteiger partial charge in [0.2, 0.25) is 0 Å². The van der Waals surface area contributed by atoms with Crippen molar-refractivity contribution < 1.29 is 0 Å². The molecule has 0 radical (unpaired) electrons. The minimum atomic E-state index is 0.910. The van der Waals surface area contributed by atoms with Crippen LogP contribution in [0.5, 0.6) is 0 Å². The fraction of sp³-hybridized carbons (Fsp3) is 0.333. The Bertz CT molecular complexity index is 301. The van der Waals surface area contributed by atoms with E-state index < -0.39 is 0 Å². The van der Waals surface area contributed by atoms with E-state index in [1.807, 2.05) is 24.1 Å².